The number of nitrogens with one attached hydrogen (secondary N) is 2. The normalized spacial score (nSPS) is 24.1. The Balaban J connectivity index is 1.45. The zero-order valence-corrected chi connectivity index (χ0v) is 20.5. The summed E-state index contributed by atoms with van der Waals surface area (Å²) in [6.07, 6.45) is 5.66. The van der Waals surface area contributed by atoms with Gasteiger partial charge in [-0.1, -0.05) is 18.1 Å². The summed E-state index contributed by atoms with van der Waals surface area (Å²) < 4.78 is 51.4. The van der Waals surface area contributed by atoms with Crippen LogP contribution in [0, 0.1) is 25.2 Å². The van der Waals surface area contributed by atoms with Crippen LogP contribution in [0.25, 0.3) is 0 Å². The molecule has 10 heteroatoms. The summed E-state index contributed by atoms with van der Waals surface area (Å²) >= 11 is 0. The van der Waals surface area contributed by atoms with E-state index < -0.39 is 24.1 Å². The highest BCUT2D eigenvalue weighted by molar-refractivity contribution is 5.80. The number of rotatable bonds is 7. The van der Waals surface area contributed by atoms with Crippen molar-refractivity contribution < 1.29 is 27.4 Å². The van der Waals surface area contributed by atoms with Gasteiger partial charge >= 0.3 is 6.18 Å². The third kappa shape index (κ3) is 5.43. The van der Waals surface area contributed by atoms with E-state index in [4.69, 9.17) is 15.9 Å². The molecule has 5 rings (SSSR count). The van der Waals surface area contributed by atoms with Crippen LogP contribution in [0.15, 0.2) is 24.3 Å². The Morgan fingerprint density at radius 1 is 1.24 bits per heavy atom. The molecule has 2 aromatic rings. The van der Waals surface area contributed by atoms with Crippen LogP contribution in [0.2, 0.25) is 0 Å². The number of anilines is 1. The summed E-state index contributed by atoms with van der Waals surface area (Å²) in [6, 6.07) is 3.91. The van der Waals surface area contributed by atoms with E-state index >= 15 is 0 Å². The molecule has 1 amide bonds. The van der Waals surface area contributed by atoms with Crippen molar-refractivity contribution in [1.82, 2.24) is 15.3 Å². The van der Waals surface area contributed by atoms with Gasteiger partial charge in [0.2, 0.25) is 5.91 Å². The third-order valence-electron chi connectivity index (χ3n) is 7.46. The van der Waals surface area contributed by atoms with Crippen molar-refractivity contribution >= 4 is 11.7 Å². The maximum absolute atomic E-state index is 13.3. The number of fused-ring (bicyclic) bond motifs is 2. The van der Waals surface area contributed by atoms with E-state index in [1.807, 2.05) is 0 Å². The molecular formula is C27H29F3N4O3. The topological polar surface area (TPSA) is 85.4 Å². The van der Waals surface area contributed by atoms with Gasteiger partial charge in [0.15, 0.2) is 6.29 Å². The largest absolute Gasteiger partial charge is 0.416 e. The molecule has 3 fully saturated rings. The van der Waals surface area contributed by atoms with Crippen LogP contribution < -0.4 is 10.6 Å². The zero-order valence-electron chi connectivity index (χ0n) is 20.5. The van der Waals surface area contributed by atoms with Crippen molar-refractivity contribution in [2.45, 2.75) is 69.5 Å². The summed E-state index contributed by atoms with van der Waals surface area (Å²) in [4.78, 5) is 22.2. The zero-order chi connectivity index (χ0) is 26.2. The van der Waals surface area contributed by atoms with Crippen molar-refractivity contribution in [1.29, 1.82) is 0 Å². The number of nitrogens with zero attached hydrogens (tertiary/aromatic N) is 2. The van der Waals surface area contributed by atoms with Crippen LogP contribution in [0.1, 0.15) is 72.6 Å². The van der Waals surface area contributed by atoms with Crippen LogP contribution in [-0.2, 0) is 26.9 Å². The molecule has 7 nitrogen and oxygen atoms in total. The Kier molecular flexibility index (Phi) is 6.86. The number of hydrogen-bond donors (Lipinski definition) is 2. The Labute approximate surface area is 213 Å². The molecule has 1 unspecified atom stereocenters. The summed E-state index contributed by atoms with van der Waals surface area (Å²) in [5, 5.41) is 6.32. The second kappa shape index (κ2) is 9.95. The lowest BCUT2D eigenvalue weighted by Crippen LogP contribution is -2.45. The molecule has 1 aliphatic heterocycles. The van der Waals surface area contributed by atoms with E-state index in [0.29, 0.717) is 36.2 Å². The molecule has 1 aromatic carbocycles. The molecule has 1 aromatic heterocycles. The lowest BCUT2D eigenvalue weighted by atomic mass is 9.93. The number of ether oxygens (including phenoxy) is 2. The number of amides is 1. The fourth-order valence-electron chi connectivity index (χ4n) is 5.77. The number of aryl methyl sites for hydroxylation is 1. The van der Waals surface area contributed by atoms with E-state index in [0.717, 1.165) is 44.2 Å². The van der Waals surface area contributed by atoms with Gasteiger partial charge in [0, 0.05) is 5.54 Å². The Morgan fingerprint density at radius 3 is 2.59 bits per heavy atom. The van der Waals surface area contributed by atoms with E-state index in [-0.39, 0.29) is 29.2 Å². The van der Waals surface area contributed by atoms with E-state index in [2.05, 4.69) is 26.5 Å². The lowest BCUT2D eigenvalue weighted by molar-refractivity contribution is -0.137. The van der Waals surface area contributed by atoms with Gasteiger partial charge in [-0.15, -0.1) is 6.42 Å². The third-order valence-corrected chi connectivity index (χ3v) is 7.46. The molecule has 2 heterocycles. The van der Waals surface area contributed by atoms with Gasteiger partial charge in [-0.3, -0.25) is 4.79 Å². The molecule has 0 spiro atoms. The van der Waals surface area contributed by atoms with Crippen molar-refractivity contribution in [3.63, 3.8) is 0 Å². The second-order valence-corrected chi connectivity index (χ2v) is 10.1. The molecule has 37 heavy (non-hydrogen) atoms. The minimum Gasteiger partial charge on any atom is -0.352 e. The SMILES string of the molecule is C#CC(Nc1nc(C)nc(CC(=O)NC23CCC(CC2)C3)c1C1OCCO1)c1cccc(C(F)(F)F)c1. The van der Waals surface area contributed by atoms with Crippen LogP contribution in [-0.4, -0.2) is 34.6 Å². The predicted molar refractivity (Wildman–Crippen MR) is 129 cm³/mol. The number of hydrogen-bond acceptors (Lipinski definition) is 6. The Morgan fingerprint density at radius 2 is 1.97 bits per heavy atom. The van der Waals surface area contributed by atoms with Crippen molar-refractivity contribution in [2.75, 3.05) is 18.5 Å². The number of benzene rings is 1. The first kappa shape index (κ1) is 25.5. The predicted octanol–water partition coefficient (Wildman–Crippen LogP) is 4.63. The molecule has 3 aliphatic rings. The van der Waals surface area contributed by atoms with Crippen molar-refractivity contribution in [3.05, 3.63) is 52.5 Å². The first-order valence-corrected chi connectivity index (χ1v) is 12.5. The molecule has 0 radical (unpaired) electrons. The quantitative estimate of drug-likeness (QED) is 0.525. The molecule has 196 valence electrons. The summed E-state index contributed by atoms with van der Waals surface area (Å²) in [7, 11) is 0. The minimum atomic E-state index is -4.50. The number of halogens is 3. The van der Waals surface area contributed by atoms with E-state index in [1.165, 1.54) is 12.1 Å². The van der Waals surface area contributed by atoms with Gasteiger partial charge in [0.05, 0.1) is 36.5 Å². The van der Waals surface area contributed by atoms with Gasteiger partial charge < -0.3 is 20.1 Å². The van der Waals surface area contributed by atoms with E-state index in [1.54, 1.807) is 6.92 Å². The highest BCUT2D eigenvalue weighted by atomic mass is 19.4. The maximum Gasteiger partial charge on any atom is 0.416 e. The first-order valence-electron chi connectivity index (χ1n) is 12.5. The highest BCUT2D eigenvalue weighted by Gasteiger charge is 2.45. The number of carbonyl (C=O) groups excluding carboxylic acids is 1. The molecule has 2 N–H and O–H groups in total. The average molecular weight is 515 g/mol. The maximum atomic E-state index is 13.3. The number of alkyl halides is 3. The minimum absolute atomic E-state index is 0.00666. The first-order chi connectivity index (χ1) is 17.7. The van der Waals surface area contributed by atoms with Gasteiger partial charge in [-0.25, -0.2) is 9.97 Å². The van der Waals surface area contributed by atoms with Gasteiger partial charge in [-0.05, 0) is 62.6 Å². The monoisotopic (exact) mass is 514 g/mol. The number of terminal acetylenes is 1. The second-order valence-electron chi connectivity index (χ2n) is 10.1. The van der Waals surface area contributed by atoms with Crippen molar-refractivity contribution in [3.8, 4) is 12.3 Å². The average Bonchev–Trinajstić information content (AvgIpc) is 3.60. The lowest BCUT2D eigenvalue weighted by Gasteiger charge is -2.28. The van der Waals surface area contributed by atoms with Crippen molar-refractivity contribution in [2.24, 2.45) is 5.92 Å². The van der Waals surface area contributed by atoms with Crippen LogP contribution in [0.3, 0.4) is 0 Å². The van der Waals surface area contributed by atoms with Gasteiger partial charge in [0.1, 0.15) is 17.7 Å². The highest BCUT2D eigenvalue weighted by Crippen LogP contribution is 2.47. The molecule has 2 aliphatic carbocycles. The fourth-order valence-corrected chi connectivity index (χ4v) is 5.77. The summed E-state index contributed by atoms with van der Waals surface area (Å²) in [6.45, 7) is 2.37. The number of carbonyl (C=O) groups is 1. The smallest absolute Gasteiger partial charge is 0.352 e. The Hall–Kier alpha value is -3.16. The van der Waals surface area contributed by atoms with Crippen LogP contribution >= 0.6 is 0 Å². The van der Waals surface area contributed by atoms with E-state index in [9.17, 15) is 18.0 Å². The molecule has 2 bridgehead atoms. The number of aromatic nitrogens is 2. The van der Waals surface area contributed by atoms with Gasteiger partial charge in [-0.2, -0.15) is 13.2 Å². The molecular weight excluding hydrogens is 485 g/mol. The summed E-state index contributed by atoms with van der Waals surface area (Å²) in [5.74, 6) is 3.70. The van der Waals surface area contributed by atoms with Gasteiger partial charge in [0.25, 0.3) is 0 Å². The standard InChI is InChI=1S/C27H29F3N4O3/c1-3-20(18-5-4-6-19(13-18)27(28,29)30)33-24-23(25-36-11-12-37-25)21(31-16(2)32-24)14-22(35)34-26-9-7-17(15-26)8-10-26/h1,4-6,13,17,20,25H,7-12,14-15H2,2H3,(H,34,35)(H,31,32,33). The van der Waals surface area contributed by atoms with Crippen LogP contribution in [0.5, 0.6) is 0 Å². The van der Waals surface area contributed by atoms with Crippen LogP contribution in [0.4, 0.5) is 19.0 Å². The molecule has 2 saturated carbocycles. The molecule has 1 atom stereocenters. The summed E-state index contributed by atoms with van der Waals surface area (Å²) in [5.41, 5.74) is 0.181. The fraction of sp³-hybridized carbons (Fsp3) is 0.519. The molecule has 1 saturated heterocycles. The Bertz CT molecular complexity index is 1210.